The van der Waals surface area contributed by atoms with E-state index in [0.29, 0.717) is 17.6 Å². The van der Waals surface area contributed by atoms with E-state index in [-0.39, 0.29) is 5.92 Å². The summed E-state index contributed by atoms with van der Waals surface area (Å²) in [6, 6.07) is 0. The molecule has 0 amide bonds. The lowest BCUT2D eigenvalue weighted by molar-refractivity contribution is -0.127. The molecule has 0 aromatic rings. The normalized spacial score (nSPS) is 26.5. The van der Waals surface area contributed by atoms with Crippen molar-refractivity contribution < 1.29 is 4.79 Å². The second-order valence-electron chi connectivity index (χ2n) is 5.36. The monoisotopic (exact) mass is 208 g/mol. The Morgan fingerprint density at radius 1 is 1.20 bits per heavy atom. The molecule has 0 aliphatic heterocycles. The predicted molar refractivity (Wildman–Crippen MR) is 64.7 cm³/mol. The third-order valence-corrected chi connectivity index (χ3v) is 3.30. The van der Waals surface area contributed by atoms with Gasteiger partial charge >= 0.3 is 0 Å². The van der Waals surface area contributed by atoms with Gasteiger partial charge in [-0.15, -0.1) is 0 Å². The van der Waals surface area contributed by atoms with Crippen LogP contribution in [-0.2, 0) is 4.79 Å². The Morgan fingerprint density at radius 3 is 2.33 bits per heavy atom. The molecule has 0 unspecified atom stereocenters. The average Bonchev–Trinajstić information content (AvgIpc) is 2.16. The zero-order chi connectivity index (χ0) is 11.4. The number of ketones is 1. The first-order valence-corrected chi connectivity index (χ1v) is 6.21. The molecule has 0 spiro atoms. The Morgan fingerprint density at radius 2 is 1.80 bits per heavy atom. The molecule has 0 aromatic carbocycles. The van der Waals surface area contributed by atoms with Crippen LogP contribution in [0.15, 0.2) is 11.6 Å². The van der Waals surface area contributed by atoms with Crippen molar-refractivity contribution in [3.63, 3.8) is 0 Å². The number of allylic oxidation sites excluding steroid dienone is 2. The molecule has 1 aliphatic rings. The number of carbonyl (C=O) groups excluding carboxylic acids is 1. The van der Waals surface area contributed by atoms with Crippen molar-refractivity contribution in [1.29, 1.82) is 0 Å². The molecule has 0 aromatic heterocycles. The molecule has 86 valence electrons. The van der Waals surface area contributed by atoms with Crippen molar-refractivity contribution in [2.45, 2.75) is 53.4 Å². The van der Waals surface area contributed by atoms with Gasteiger partial charge in [0.15, 0.2) is 0 Å². The minimum atomic E-state index is 0.196. The quantitative estimate of drug-likeness (QED) is 0.641. The van der Waals surface area contributed by atoms with E-state index in [0.717, 1.165) is 6.42 Å². The van der Waals surface area contributed by atoms with Crippen molar-refractivity contribution in [2.75, 3.05) is 0 Å². The van der Waals surface area contributed by atoms with Crippen LogP contribution in [0.4, 0.5) is 0 Å². The van der Waals surface area contributed by atoms with E-state index in [9.17, 15) is 4.79 Å². The molecule has 2 atom stereocenters. The molecule has 0 bridgehead atoms. The molecule has 1 fully saturated rings. The number of rotatable bonds is 3. The third kappa shape index (κ3) is 3.48. The van der Waals surface area contributed by atoms with Gasteiger partial charge in [0.1, 0.15) is 5.78 Å². The third-order valence-electron chi connectivity index (χ3n) is 3.30. The summed E-state index contributed by atoms with van der Waals surface area (Å²) in [5.74, 6) is 1.48. The van der Waals surface area contributed by atoms with Crippen molar-refractivity contribution in [1.82, 2.24) is 0 Å². The number of hydrogen-bond acceptors (Lipinski definition) is 1. The fraction of sp³-hybridized carbons (Fsp3) is 0.786. The first kappa shape index (κ1) is 12.5. The smallest absolute Gasteiger partial charge is 0.139 e. The van der Waals surface area contributed by atoms with E-state index < -0.39 is 0 Å². The van der Waals surface area contributed by atoms with E-state index >= 15 is 0 Å². The summed E-state index contributed by atoms with van der Waals surface area (Å²) in [6.45, 7) is 8.31. The standard InChI is InChI=1S/C14H24O/c1-10(2)9-12-7-5-6-8-13(12)14(15)11(3)4/h9,11-13H,5-8H2,1-4H3/t12-,13+/m0/s1. The van der Waals surface area contributed by atoms with Gasteiger partial charge in [0.2, 0.25) is 0 Å². The molecule has 0 radical (unpaired) electrons. The Labute approximate surface area is 93.9 Å². The minimum Gasteiger partial charge on any atom is -0.299 e. The van der Waals surface area contributed by atoms with Gasteiger partial charge in [0.05, 0.1) is 0 Å². The van der Waals surface area contributed by atoms with E-state index in [1.54, 1.807) is 0 Å². The first-order chi connectivity index (χ1) is 7.02. The maximum absolute atomic E-state index is 12.1. The molecule has 1 rings (SSSR count). The molecule has 1 nitrogen and oxygen atoms in total. The van der Waals surface area contributed by atoms with Crippen LogP contribution in [0.3, 0.4) is 0 Å². The minimum absolute atomic E-state index is 0.196. The Hall–Kier alpha value is -0.590. The zero-order valence-corrected chi connectivity index (χ0v) is 10.5. The maximum atomic E-state index is 12.1. The first-order valence-electron chi connectivity index (χ1n) is 6.21. The number of Topliss-reactive ketones (excluding diaryl/α,β-unsaturated/α-hetero) is 1. The average molecular weight is 208 g/mol. The summed E-state index contributed by atoms with van der Waals surface area (Å²) in [6.07, 6.45) is 7.14. The van der Waals surface area contributed by atoms with Gasteiger partial charge < -0.3 is 0 Å². The van der Waals surface area contributed by atoms with Gasteiger partial charge in [-0.05, 0) is 32.6 Å². The lowest BCUT2D eigenvalue weighted by Crippen LogP contribution is -2.29. The topological polar surface area (TPSA) is 17.1 Å². The van der Waals surface area contributed by atoms with Crippen molar-refractivity contribution in [3.05, 3.63) is 11.6 Å². The number of hydrogen-bond donors (Lipinski definition) is 0. The molecule has 1 heteroatoms. The molecule has 0 heterocycles. The second-order valence-corrected chi connectivity index (χ2v) is 5.36. The van der Waals surface area contributed by atoms with Crippen molar-refractivity contribution in [2.24, 2.45) is 17.8 Å². The zero-order valence-electron chi connectivity index (χ0n) is 10.5. The van der Waals surface area contributed by atoms with Crippen LogP contribution in [0.1, 0.15) is 53.4 Å². The Bertz CT molecular complexity index is 246. The fourth-order valence-corrected chi connectivity index (χ4v) is 2.57. The summed E-state index contributed by atoms with van der Waals surface area (Å²) in [5, 5.41) is 0. The maximum Gasteiger partial charge on any atom is 0.139 e. The van der Waals surface area contributed by atoms with E-state index in [1.807, 2.05) is 13.8 Å². The molecule has 1 aliphatic carbocycles. The van der Waals surface area contributed by atoms with Gasteiger partial charge in [-0.2, -0.15) is 0 Å². The van der Waals surface area contributed by atoms with Crippen LogP contribution in [-0.4, -0.2) is 5.78 Å². The largest absolute Gasteiger partial charge is 0.299 e. The lowest BCUT2D eigenvalue weighted by Gasteiger charge is -2.30. The predicted octanol–water partition coefficient (Wildman–Crippen LogP) is 3.98. The fourth-order valence-electron chi connectivity index (χ4n) is 2.57. The molecule has 15 heavy (non-hydrogen) atoms. The highest BCUT2D eigenvalue weighted by Crippen LogP contribution is 2.33. The van der Waals surface area contributed by atoms with E-state index in [1.165, 1.54) is 24.8 Å². The van der Waals surface area contributed by atoms with Crippen LogP contribution < -0.4 is 0 Å². The second kappa shape index (κ2) is 5.48. The molecular formula is C14H24O. The molecular weight excluding hydrogens is 184 g/mol. The highest BCUT2D eigenvalue weighted by molar-refractivity contribution is 5.83. The van der Waals surface area contributed by atoms with Gasteiger partial charge in [0, 0.05) is 11.8 Å². The highest BCUT2D eigenvalue weighted by Gasteiger charge is 2.30. The van der Waals surface area contributed by atoms with Gasteiger partial charge in [-0.25, -0.2) is 0 Å². The summed E-state index contributed by atoms with van der Waals surface area (Å²) in [4.78, 5) is 12.1. The molecule has 1 saturated carbocycles. The van der Waals surface area contributed by atoms with Crippen LogP contribution in [0.25, 0.3) is 0 Å². The van der Waals surface area contributed by atoms with Gasteiger partial charge in [0.25, 0.3) is 0 Å². The van der Waals surface area contributed by atoms with Crippen molar-refractivity contribution in [3.8, 4) is 0 Å². The van der Waals surface area contributed by atoms with Gasteiger partial charge in [-0.1, -0.05) is 38.3 Å². The number of carbonyl (C=O) groups is 1. The summed E-state index contributed by atoms with van der Waals surface area (Å²) >= 11 is 0. The van der Waals surface area contributed by atoms with Crippen LogP contribution in [0.5, 0.6) is 0 Å². The van der Waals surface area contributed by atoms with E-state index in [4.69, 9.17) is 0 Å². The summed E-state index contributed by atoms with van der Waals surface area (Å²) in [5.41, 5.74) is 1.35. The van der Waals surface area contributed by atoms with Crippen LogP contribution in [0, 0.1) is 17.8 Å². The molecule has 0 N–H and O–H groups in total. The SMILES string of the molecule is CC(C)=C[C@@H]1CCCC[C@H]1C(=O)C(C)C. The summed E-state index contributed by atoms with van der Waals surface area (Å²) < 4.78 is 0. The van der Waals surface area contributed by atoms with Gasteiger partial charge in [-0.3, -0.25) is 4.79 Å². The summed E-state index contributed by atoms with van der Waals surface area (Å²) in [7, 11) is 0. The highest BCUT2D eigenvalue weighted by atomic mass is 16.1. The Kier molecular flexibility index (Phi) is 4.56. The van der Waals surface area contributed by atoms with Crippen molar-refractivity contribution >= 4 is 5.78 Å². The van der Waals surface area contributed by atoms with Crippen LogP contribution >= 0.6 is 0 Å². The van der Waals surface area contributed by atoms with E-state index in [2.05, 4.69) is 19.9 Å². The van der Waals surface area contributed by atoms with Crippen LogP contribution in [0.2, 0.25) is 0 Å². The molecule has 0 saturated heterocycles. The lowest BCUT2D eigenvalue weighted by atomic mass is 9.74. The Balaban J connectivity index is 2.74.